The summed E-state index contributed by atoms with van der Waals surface area (Å²) in [6.45, 7) is 2.49. The van der Waals surface area contributed by atoms with Gasteiger partial charge in [-0.2, -0.15) is 0 Å². The Kier molecular flexibility index (Phi) is 8.18. The van der Waals surface area contributed by atoms with E-state index in [0.717, 1.165) is 6.42 Å². The molecule has 108 valence electrons. The molecule has 0 aromatic carbocycles. The Balaban J connectivity index is 2.26. The maximum absolute atomic E-state index is 10.4. The van der Waals surface area contributed by atoms with Crippen molar-refractivity contribution in [3.05, 3.63) is 24.3 Å². The number of rotatable bonds is 9. The number of unbranched alkanes of at least 4 members (excludes halogenated alkanes) is 3. The van der Waals surface area contributed by atoms with Crippen LogP contribution in [0.4, 0.5) is 0 Å². The molecule has 1 aliphatic heterocycles. The second-order valence-electron chi connectivity index (χ2n) is 4.66. The van der Waals surface area contributed by atoms with Crippen molar-refractivity contribution in [1.82, 2.24) is 0 Å². The first-order chi connectivity index (χ1) is 9.24. The zero-order chi connectivity index (χ0) is 13.9. The van der Waals surface area contributed by atoms with Crippen molar-refractivity contribution in [1.29, 1.82) is 0 Å². The van der Waals surface area contributed by atoms with Crippen LogP contribution in [-0.2, 0) is 14.3 Å². The first kappa shape index (κ1) is 15.9. The molecule has 1 saturated heterocycles. The van der Waals surface area contributed by atoms with Gasteiger partial charge in [-0.25, -0.2) is 0 Å². The van der Waals surface area contributed by atoms with E-state index in [9.17, 15) is 4.79 Å². The van der Waals surface area contributed by atoms with Crippen LogP contribution in [0.1, 0.15) is 45.4 Å². The number of allylic oxidation sites excluding steroid dienone is 2. The number of carboxylic acid groups (broad SMARTS) is 1. The van der Waals surface area contributed by atoms with Gasteiger partial charge < -0.3 is 14.6 Å². The average Bonchev–Trinajstić information content (AvgIpc) is 2.82. The molecule has 4 nitrogen and oxygen atoms in total. The number of ether oxygens (including phenoxy) is 2. The Bertz CT molecular complexity index is 309. The van der Waals surface area contributed by atoms with Crippen LogP contribution in [0, 0.1) is 0 Å². The summed E-state index contributed by atoms with van der Waals surface area (Å²) < 4.78 is 10.9. The average molecular weight is 268 g/mol. The smallest absolute Gasteiger partial charge is 0.303 e. The van der Waals surface area contributed by atoms with E-state index in [0.29, 0.717) is 13.2 Å². The molecule has 0 aliphatic carbocycles. The first-order valence-corrected chi connectivity index (χ1v) is 7.02. The predicted molar refractivity (Wildman–Crippen MR) is 73.9 cm³/mol. The summed E-state index contributed by atoms with van der Waals surface area (Å²) >= 11 is 0. The maximum Gasteiger partial charge on any atom is 0.303 e. The van der Waals surface area contributed by atoms with Crippen molar-refractivity contribution in [2.24, 2.45) is 0 Å². The van der Waals surface area contributed by atoms with Crippen molar-refractivity contribution in [2.45, 2.75) is 57.7 Å². The van der Waals surface area contributed by atoms with E-state index in [2.05, 4.69) is 19.1 Å². The maximum atomic E-state index is 10.4. The van der Waals surface area contributed by atoms with E-state index in [4.69, 9.17) is 14.6 Å². The Hall–Kier alpha value is -1.13. The Morgan fingerprint density at radius 2 is 1.79 bits per heavy atom. The van der Waals surface area contributed by atoms with E-state index in [1.807, 2.05) is 12.2 Å². The minimum absolute atomic E-state index is 0.0392. The van der Waals surface area contributed by atoms with Gasteiger partial charge in [0.1, 0.15) is 19.0 Å². The summed E-state index contributed by atoms with van der Waals surface area (Å²) in [6.07, 6.45) is 13.3. The van der Waals surface area contributed by atoms with Gasteiger partial charge in [0.05, 0.1) is 0 Å². The molecular weight excluding hydrogens is 244 g/mol. The van der Waals surface area contributed by atoms with Gasteiger partial charge in [-0.05, 0) is 19.3 Å². The van der Waals surface area contributed by atoms with Gasteiger partial charge in [0.2, 0.25) is 0 Å². The summed E-state index contributed by atoms with van der Waals surface area (Å²) in [5, 5.41) is 8.54. The highest BCUT2D eigenvalue weighted by Crippen LogP contribution is 2.16. The van der Waals surface area contributed by atoms with Crippen LogP contribution in [0.3, 0.4) is 0 Å². The minimum atomic E-state index is -0.777. The highest BCUT2D eigenvalue weighted by Gasteiger charge is 2.24. The van der Waals surface area contributed by atoms with E-state index < -0.39 is 5.97 Å². The van der Waals surface area contributed by atoms with Crippen LogP contribution in [0.25, 0.3) is 0 Å². The third-order valence-corrected chi connectivity index (χ3v) is 3.00. The normalized spacial score (nSPS) is 23.6. The van der Waals surface area contributed by atoms with Crippen LogP contribution < -0.4 is 0 Å². The second-order valence-corrected chi connectivity index (χ2v) is 4.66. The lowest BCUT2D eigenvalue weighted by atomic mass is 10.1. The fourth-order valence-electron chi connectivity index (χ4n) is 1.90. The van der Waals surface area contributed by atoms with Crippen molar-refractivity contribution in [3.63, 3.8) is 0 Å². The molecule has 0 aromatic rings. The highest BCUT2D eigenvalue weighted by atomic mass is 16.7. The Morgan fingerprint density at radius 3 is 2.37 bits per heavy atom. The van der Waals surface area contributed by atoms with Crippen molar-refractivity contribution >= 4 is 5.97 Å². The molecule has 0 amide bonds. The van der Waals surface area contributed by atoms with Gasteiger partial charge >= 0.3 is 5.97 Å². The summed E-state index contributed by atoms with van der Waals surface area (Å²) in [6, 6.07) is 0. The molecule has 0 radical (unpaired) electrons. The zero-order valence-corrected chi connectivity index (χ0v) is 11.6. The zero-order valence-electron chi connectivity index (χ0n) is 11.6. The number of aliphatic carboxylic acids is 1. The molecule has 1 N–H and O–H groups in total. The van der Waals surface area contributed by atoms with Crippen LogP contribution >= 0.6 is 0 Å². The summed E-state index contributed by atoms with van der Waals surface area (Å²) in [4.78, 5) is 10.4. The van der Waals surface area contributed by atoms with Crippen LogP contribution in [0.2, 0.25) is 0 Å². The first-order valence-electron chi connectivity index (χ1n) is 7.02. The lowest BCUT2D eigenvalue weighted by Crippen LogP contribution is -2.17. The molecular formula is C15H24O4. The van der Waals surface area contributed by atoms with Crippen molar-refractivity contribution in [2.75, 3.05) is 6.79 Å². The molecule has 0 bridgehead atoms. The summed E-state index contributed by atoms with van der Waals surface area (Å²) in [5.41, 5.74) is 0. The molecule has 2 atom stereocenters. The third-order valence-electron chi connectivity index (χ3n) is 3.00. The van der Waals surface area contributed by atoms with Gasteiger partial charge in [0.25, 0.3) is 0 Å². The fraction of sp³-hybridized carbons (Fsp3) is 0.667. The fourth-order valence-corrected chi connectivity index (χ4v) is 1.90. The Labute approximate surface area is 115 Å². The van der Waals surface area contributed by atoms with Gasteiger partial charge in [-0.15, -0.1) is 0 Å². The lowest BCUT2D eigenvalue weighted by Gasteiger charge is -2.08. The monoisotopic (exact) mass is 268 g/mol. The molecule has 0 spiro atoms. The molecule has 0 aromatic heterocycles. The molecule has 0 unspecified atom stereocenters. The molecule has 1 aliphatic rings. The molecule has 1 fully saturated rings. The number of hydrogen-bond acceptors (Lipinski definition) is 3. The van der Waals surface area contributed by atoms with Gasteiger partial charge in [0.15, 0.2) is 0 Å². The standard InChI is InChI=1S/C15H24O4/c1-2-3-4-5-6-9-13-14(19-12-18-13)10-7-8-11-15(16)17/h6-7,9-10,13-14H,2-5,8,11-12H2,1H3,(H,16,17)/b9-6-,10-7-/t13-,14-/m0/s1. The van der Waals surface area contributed by atoms with E-state index in [1.165, 1.54) is 19.3 Å². The van der Waals surface area contributed by atoms with Crippen LogP contribution in [0.5, 0.6) is 0 Å². The summed E-state index contributed by atoms with van der Waals surface area (Å²) in [7, 11) is 0. The van der Waals surface area contributed by atoms with Crippen LogP contribution in [-0.4, -0.2) is 30.1 Å². The number of hydrogen-bond donors (Lipinski definition) is 1. The van der Waals surface area contributed by atoms with Crippen molar-refractivity contribution < 1.29 is 19.4 Å². The van der Waals surface area contributed by atoms with Gasteiger partial charge in [-0.1, -0.05) is 44.1 Å². The quantitative estimate of drug-likeness (QED) is 0.515. The molecule has 1 heterocycles. The summed E-state index contributed by atoms with van der Waals surface area (Å²) in [5.74, 6) is -0.777. The molecule has 4 heteroatoms. The van der Waals surface area contributed by atoms with Crippen molar-refractivity contribution in [3.8, 4) is 0 Å². The SMILES string of the molecule is CCCCC/C=C\[C@@H]1OCO[C@H]1/C=C\CCC(=O)O. The third kappa shape index (κ3) is 7.13. The van der Waals surface area contributed by atoms with E-state index in [-0.39, 0.29) is 18.6 Å². The lowest BCUT2D eigenvalue weighted by molar-refractivity contribution is -0.136. The van der Waals surface area contributed by atoms with E-state index >= 15 is 0 Å². The van der Waals surface area contributed by atoms with Gasteiger partial charge in [-0.3, -0.25) is 4.79 Å². The Morgan fingerprint density at radius 1 is 1.16 bits per heavy atom. The van der Waals surface area contributed by atoms with Crippen LogP contribution in [0.15, 0.2) is 24.3 Å². The number of carboxylic acids is 1. The van der Waals surface area contributed by atoms with E-state index in [1.54, 1.807) is 0 Å². The topological polar surface area (TPSA) is 55.8 Å². The minimum Gasteiger partial charge on any atom is -0.481 e. The second kappa shape index (κ2) is 9.75. The molecule has 19 heavy (non-hydrogen) atoms. The predicted octanol–water partition coefficient (Wildman–Crippen LogP) is 3.29. The number of carbonyl (C=O) groups is 1. The van der Waals surface area contributed by atoms with Gasteiger partial charge in [0, 0.05) is 6.42 Å². The molecule has 1 rings (SSSR count). The molecule has 0 saturated carbocycles. The highest BCUT2D eigenvalue weighted by molar-refractivity contribution is 5.66. The largest absolute Gasteiger partial charge is 0.481 e.